The number of hydrogen-bond donors (Lipinski definition) is 2. The van der Waals surface area contributed by atoms with Crippen molar-refractivity contribution in [3.8, 4) is 5.75 Å². The number of nitrogens with zero attached hydrogens (tertiary/aromatic N) is 1. The number of carbonyl (C=O) groups is 3. The number of alkyl halides is 3. The summed E-state index contributed by atoms with van der Waals surface area (Å²) in [7, 11) is 0. The predicted octanol–water partition coefficient (Wildman–Crippen LogP) is 3.10. The van der Waals surface area contributed by atoms with Gasteiger partial charge in [0, 0.05) is 6.54 Å². The molecule has 0 unspecified atom stereocenters. The number of benzene rings is 1. The highest BCUT2D eigenvalue weighted by molar-refractivity contribution is 8.18. The van der Waals surface area contributed by atoms with Gasteiger partial charge in [0.1, 0.15) is 5.75 Å². The van der Waals surface area contributed by atoms with E-state index in [0.29, 0.717) is 31.0 Å². The quantitative estimate of drug-likeness (QED) is 0.681. The van der Waals surface area contributed by atoms with E-state index >= 15 is 0 Å². The second-order valence-corrected chi connectivity index (χ2v) is 6.27. The number of carboxylic acids is 1. The molecule has 1 aliphatic heterocycles. The molecule has 0 aliphatic carbocycles. The van der Waals surface area contributed by atoms with Crippen LogP contribution in [-0.4, -0.2) is 53.0 Å². The molecule has 2 amide bonds. The summed E-state index contributed by atoms with van der Waals surface area (Å²) in [4.78, 5) is 34.5. The SMILES string of the molecule is CCOc1ccc(/C=C2\SC(=O)N(CCCN)C2=O)cc1.O=C(O)C(F)(F)F. The summed E-state index contributed by atoms with van der Waals surface area (Å²) >= 11 is 0.968. The van der Waals surface area contributed by atoms with Gasteiger partial charge in [-0.1, -0.05) is 12.1 Å². The van der Waals surface area contributed by atoms with Gasteiger partial charge in [-0.2, -0.15) is 13.2 Å². The van der Waals surface area contributed by atoms with Crippen LogP contribution in [0.25, 0.3) is 6.08 Å². The molecule has 0 saturated carbocycles. The maximum Gasteiger partial charge on any atom is 0.490 e. The number of carbonyl (C=O) groups excluding carboxylic acids is 2. The lowest BCUT2D eigenvalue weighted by Gasteiger charge is -2.10. The molecule has 7 nitrogen and oxygen atoms in total. The van der Waals surface area contributed by atoms with Crippen molar-refractivity contribution < 1.29 is 37.4 Å². The van der Waals surface area contributed by atoms with E-state index in [1.165, 1.54) is 4.90 Å². The number of hydrogen-bond acceptors (Lipinski definition) is 6. The summed E-state index contributed by atoms with van der Waals surface area (Å²) in [6, 6.07) is 7.40. The summed E-state index contributed by atoms with van der Waals surface area (Å²) in [5, 5.41) is 6.89. The van der Waals surface area contributed by atoms with Gasteiger partial charge in [-0.15, -0.1) is 0 Å². The molecule has 0 radical (unpaired) electrons. The van der Waals surface area contributed by atoms with Gasteiger partial charge >= 0.3 is 12.1 Å². The van der Waals surface area contributed by atoms with Crippen LogP contribution in [0.5, 0.6) is 5.75 Å². The number of carboxylic acid groups (broad SMARTS) is 1. The monoisotopic (exact) mass is 420 g/mol. The lowest BCUT2D eigenvalue weighted by Crippen LogP contribution is -2.30. The molecular formula is C17H19F3N2O5S. The average molecular weight is 420 g/mol. The highest BCUT2D eigenvalue weighted by atomic mass is 32.2. The van der Waals surface area contributed by atoms with Gasteiger partial charge in [0.2, 0.25) is 0 Å². The second kappa shape index (κ2) is 10.7. The molecule has 1 saturated heterocycles. The van der Waals surface area contributed by atoms with Crippen LogP contribution in [0.15, 0.2) is 29.2 Å². The Morgan fingerprint density at radius 2 is 1.86 bits per heavy atom. The van der Waals surface area contributed by atoms with Crippen LogP contribution in [0.2, 0.25) is 0 Å². The van der Waals surface area contributed by atoms with E-state index in [4.69, 9.17) is 20.4 Å². The topological polar surface area (TPSA) is 110 Å². The Labute approximate surface area is 163 Å². The molecule has 0 bridgehead atoms. The van der Waals surface area contributed by atoms with E-state index in [2.05, 4.69) is 0 Å². The predicted molar refractivity (Wildman–Crippen MR) is 97.7 cm³/mol. The Hall–Kier alpha value is -2.53. The van der Waals surface area contributed by atoms with Crippen molar-refractivity contribution in [3.63, 3.8) is 0 Å². The van der Waals surface area contributed by atoms with E-state index in [1.54, 1.807) is 6.08 Å². The molecule has 1 fully saturated rings. The fourth-order valence-corrected chi connectivity index (χ4v) is 2.79. The molecule has 0 aromatic heterocycles. The van der Waals surface area contributed by atoms with Gasteiger partial charge in [-0.3, -0.25) is 14.5 Å². The number of halogens is 3. The number of imide groups is 1. The first-order chi connectivity index (χ1) is 13.1. The molecule has 0 spiro atoms. The molecule has 3 N–H and O–H groups in total. The van der Waals surface area contributed by atoms with E-state index in [-0.39, 0.29) is 11.1 Å². The van der Waals surface area contributed by atoms with Crippen molar-refractivity contribution in [2.24, 2.45) is 5.73 Å². The van der Waals surface area contributed by atoms with Gasteiger partial charge in [-0.05, 0) is 55.4 Å². The van der Waals surface area contributed by atoms with Crippen molar-refractivity contribution in [2.45, 2.75) is 19.5 Å². The maximum absolute atomic E-state index is 12.1. The van der Waals surface area contributed by atoms with Crippen LogP contribution in [0.1, 0.15) is 18.9 Å². The van der Waals surface area contributed by atoms with Crippen LogP contribution in [-0.2, 0) is 9.59 Å². The molecule has 28 heavy (non-hydrogen) atoms. The number of thioether (sulfide) groups is 1. The number of amides is 2. The Kier molecular flexibility index (Phi) is 9.00. The third-order valence-electron chi connectivity index (χ3n) is 3.19. The molecule has 1 heterocycles. The lowest BCUT2D eigenvalue weighted by molar-refractivity contribution is -0.192. The van der Waals surface area contributed by atoms with Gasteiger partial charge in [0.25, 0.3) is 11.1 Å². The zero-order valence-corrected chi connectivity index (χ0v) is 15.7. The largest absolute Gasteiger partial charge is 0.494 e. The van der Waals surface area contributed by atoms with Gasteiger partial charge in [-0.25, -0.2) is 4.79 Å². The number of aliphatic carboxylic acids is 1. The van der Waals surface area contributed by atoms with E-state index in [0.717, 1.165) is 23.1 Å². The first kappa shape index (κ1) is 23.5. The van der Waals surface area contributed by atoms with Crippen LogP contribution < -0.4 is 10.5 Å². The van der Waals surface area contributed by atoms with Crippen LogP contribution >= 0.6 is 11.8 Å². The first-order valence-corrected chi connectivity index (χ1v) is 8.90. The standard InChI is InChI=1S/C15H18N2O3S.C2HF3O2/c1-2-20-12-6-4-11(5-7-12)10-13-14(18)17(9-3-8-16)15(19)21-13;3-2(4,5)1(6)7/h4-7,10H,2-3,8-9,16H2,1H3;(H,6,7)/b13-10-;. The zero-order chi connectivity index (χ0) is 21.3. The molecule has 0 atom stereocenters. The van der Waals surface area contributed by atoms with Crippen molar-refractivity contribution >= 4 is 35.0 Å². The van der Waals surface area contributed by atoms with E-state index in [9.17, 15) is 22.8 Å². The Bertz CT molecular complexity index is 735. The molecular weight excluding hydrogens is 401 g/mol. The fraction of sp³-hybridized carbons (Fsp3) is 0.353. The van der Waals surface area contributed by atoms with Crippen LogP contribution in [0.3, 0.4) is 0 Å². The van der Waals surface area contributed by atoms with Crippen molar-refractivity contribution in [2.75, 3.05) is 19.7 Å². The van der Waals surface area contributed by atoms with Crippen LogP contribution in [0.4, 0.5) is 18.0 Å². The first-order valence-electron chi connectivity index (χ1n) is 8.08. The minimum absolute atomic E-state index is 0.231. The smallest absolute Gasteiger partial charge is 0.490 e. The summed E-state index contributed by atoms with van der Waals surface area (Å²) in [5.74, 6) is -2.22. The molecule has 1 aromatic carbocycles. The highest BCUT2D eigenvalue weighted by Crippen LogP contribution is 2.32. The summed E-state index contributed by atoms with van der Waals surface area (Å²) in [6.45, 7) is 3.37. The molecule has 11 heteroatoms. The van der Waals surface area contributed by atoms with Gasteiger partial charge in [0.05, 0.1) is 11.5 Å². The molecule has 1 aromatic rings. The van der Waals surface area contributed by atoms with Crippen molar-refractivity contribution in [1.82, 2.24) is 4.90 Å². The molecule has 154 valence electrons. The van der Waals surface area contributed by atoms with Crippen LogP contribution in [0, 0.1) is 0 Å². The number of ether oxygens (including phenoxy) is 1. The third-order valence-corrected chi connectivity index (χ3v) is 4.10. The third kappa shape index (κ3) is 7.24. The van der Waals surface area contributed by atoms with E-state index < -0.39 is 12.1 Å². The summed E-state index contributed by atoms with van der Waals surface area (Å²) in [6.07, 6.45) is -2.74. The summed E-state index contributed by atoms with van der Waals surface area (Å²) < 4.78 is 37.1. The maximum atomic E-state index is 12.1. The number of rotatable bonds is 6. The zero-order valence-electron chi connectivity index (χ0n) is 14.9. The normalized spacial score (nSPS) is 15.5. The minimum atomic E-state index is -5.08. The second-order valence-electron chi connectivity index (χ2n) is 5.28. The highest BCUT2D eigenvalue weighted by Gasteiger charge is 2.38. The Morgan fingerprint density at radius 1 is 1.29 bits per heavy atom. The van der Waals surface area contributed by atoms with E-state index in [1.807, 2.05) is 31.2 Å². The van der Waals surface area contributed by atoms with Crippen molar-refractivity contribution in [1.29, 1.82) is 0 Å². The summed E-state index contributed by atoms with van der Waals surface area (Å²) in [5.41, 5.74) is 6.28. The lowest BCUT2D eigenvalue weighted by atomic mass is 10.2. The van der Waals surface area contributed by atoms with Gasteiger partial charge in [0.15, 0.2) is 0 Å². The van der Waals surface area contributed by atoms with Gasteiger partial charge < -0.3 is 15.6 Å². The Balaban J connectivity index is 0.000000480. The minimum Gasteiger partial charge on any atom is -0.494 e. The Morgan fingerprint density at radius 3 is 2.32 bits per heavy atom. The molecule has 2 rings (SSSR count). The molecule has 1 aliphatic rings. The fourth-order valence-electron chi connectivity index (χ4n) is 1.92. The average Bonchev–Trinajstić information content (AvgIpc) is 2.88. The van der Waals surface area contributed by atoms with Crippen molar-refractivity contribution in [3.05, 3.63) is 34.7 Å². The number of nitrogens with two attached hydrogens (primary N) is 1.